The Balaban J connectivity index is 2.12. The smallest absolute Gasteiger partial charge is 0.0213 e. The molecule has 0 aromatic heterocycles. The van der Waals surface area contributed by atoms with Crippen LogP contribution >= 0.6 is 0 Å². The summed E-state index contributed by atoms with van der Waals surface area (Å²) in [5.74, 6) is 0. The number of hydrogen-bond donors (Lipinski definition) is 1. The molecule has 0 aromatic carbocycles. The Labute approximate surface area is 44.3 Å². The Morgan fingerprint density at radius 3 is 2.86 bits per heavy atom. The van der Waals surface area contributed by atoms with Crippen molar-refractivity contribution in [3.05, 3.63) is 5.32 Å². The first-order chi connectivity index (χ1) is 3.39. The molecule has 1 aliphatic heterocycles. The number of nitrogens with one attached hydrogen (secondary N) is 1. The molecule has 1 saturated heterocycles. The van der Waals surface area contributed by atoms with Crippen LogP contribution in [-0.4, -0.2) is 25.7 Å². The van der Waals surface area contributed by atoms with Gasteiger partial charge in [-0.15, -0.1) is 12.6 Å². The lowest BCUT2D eigenvalue weighted by molar-refractivity contribution is 0.592. The van der Waals surface area contributed by atoms with E-state index in [1.807, 2.05) is 0 Å². The summed E-state index contributed by atoms with van der Waals surface area (Å²) < 4.78 is 0. The third-order valence-electron chi connectivity index (χ3n) is 1.17. The molecule has 0 aromatic rings. The zero-order valence-electron chi connectivity index (χ0n) is 4.65. The first kappa shape index (κ1) is 5.06. The zero-order chi connectivity index (χ0) is 5.11. The maximum atomic E-state index is 4.27. The summed E-state index contributed by atoms with van der Waals surface area (Å²) in [6.45, 7) is 5.28. The molecule has 0 radical (unpaired) electrons. The molecule has 0 spiro atoms. The van der Waals surface area contributed by atoms with E-state index in [0.29, 0.717) is 6.04 Å². The van der Waals surface area contributed by atoms with Crippen LogP contribution < -0.4 is 5.32 Å². The van der Waals surface area contributed by atoms with Gasteiger partial charge in [-0.25, -0.2) is 0 Å². The Morgan fingerprint density at radius 1 is 1.71 bits per heavy atom. The Kier molecular flexibility index (Phi) is 1.65. The van der Waals surface area contributed by atoms with Crippen molar-refractivity contribution in [1.82, 2.24) is 5.32 Å². The van der Waals surface area contributed by atoms with Crippen molar-refractivity contribution in [3.63, 3.8) is 0 Å². The highest BCUT2D eigenvalue weighted by Crippen LogP contribution is 1.99. The Morgan fingerprint density at radius 2 is 2.57 bits per heavy atom. The fourth-order valence-corrected chi connectivity index (χ4v) is 0.739. The summed E-state index contributed by atoms with van der Waals surface area (Å²) in [7, 11) is 0. The van der Waals surface area contributed by atoms with Gasteiger partial charge in [-0.05, 0) is 13.1 Å². The summed E-state index contributed by atoms with van der Waals surface area (Å²) in [4.78, 5) is 0. The summed E-state index contributed by atoms with van der Waals surface area (Å²) in [6.07, 6.45) is 0. The molecule has 1 N–H and O–H groups in total. The highest BCUT2D eigenvalue weighted by atomic mass is 15.0. The van der Waals surface area contributed by atoms with E-state index in [1.54, 1.807) is 0 Å². The first-order valence-corrected chi connectivity index (χ1v) is 2.77. The van der Waals surface area contributed by atoms with Gasteiger partial charge < -0.3 is 10.6 Å². The number of piperazine rings is 1. The molecule has 1 aliphatic rings. The van der Waals surface area contributed by atoms with Crippen LogP contribution in [0.25, 0.3) is 5.32 Å². The van der Waals surface area contributed by atoms with Gasteiger partial charge in [0.05, 0.1) is 0 Å². The van der Waals surface area contributed by atoms with Crippen molar-refractivity contribution in [3.8, 4) is 0 Å². The van der Waals surface area contributed by atoms with Crippen LogP contribution in [0, 0.1) is 0 Å². The molecule has 1 fully saturated rings. The predicted molar refractivity (Wildman–Crippen MR) is 30.6 cm³/mol. The number of nitrogens with zero attached hydrogens (tertiary/aromatic N) is 1. The molecule has 0 aliphatic carbocycles. The molecule has 2 heteroatoms. The first-order valence-electron chi connectivity index (χ1n) is 2.77. The highest BCUT2D eigenvalue weighted by molar-refractivity contribution is 4.94. The summed E-state index contributed by atoms with van der Waals surface area (Å²) in [5, 5.41) is 7.51. The van der Waals surface area contributed by atoms with Crippen LogP contribution in [-0.2, 0) is 0 Å². The van der Waals surface area contributed by atoms with Gasteiger partial charge in [-0.2, -0.15) is 0 Å². The van der Waals surface area contributed by atoms with E-state index in [9.17, 15) is 0 Å². The molecule has 0 unspecified atom stereocenters. The normalized spacial score (nSPS) is 33.0. The molecule has 0 amide bonds. The molecule has 0 saturated carbocycles. The minimum Gasteiger partial charge on any atom is -0.658 e. The average Bonchev–Trinajstić information content (AvgIpc) is 1.69. The molecule has 42 valence electrons. The second-order valence-corrected chi connectivity index (χ2v) is 1.96. The topological polar surface area (TPSA) is 26.1 Å². The van der Waals surface area contributed by atoms with Crippen molar-refractivity contribution in [2.45, 2.75) is 13.0 Å². The molecule has 1 atom stereocenters. The number of rotatable bonds is 0. The van der Waals surface area contributed by atoms with Gasteiger partial charge in [-0.3, -0.25) is 0 Å². The minimum atomic E-state index is 0.550. The third-order valence-corrected chi connectivity index (χ3v) is 1.17. The second-order valence-electron chi connectivity index (χ2n) is 1.96. The predicted octanol–water partition coefficient (Wildman–Crippen LogP) is 0.352. The maximum absolute atomic E-state index is 4.27. The van der Waals surface area contributed by atoms with Gasteiger partial charge in [0.1, 0.15) is 0 Å². The van der Waals surface area contributed by atoms with Crippen molar-refractivity contribution >= 4 is 0 Å². The Hall–Kier alpha value is -0.0800. The van der Waals surface area contributed by atoms with Crippen molar-refractivity contribution < 1.29 is 0 Å². The largest absolute Gasteiger partial charge is 0.658 e. The molecule has 2 nitrogen and oxygen atoms in total. The van der Waals surface area contributed by atoms with Crippen molar-refractivity contribution in [2.75, 3.05) is 19.6 Å². The molecule has 1 heterocycles. The summed E-state index contributed by atoms with van der Waals surface area (Å²) in [5.41, 5.74) is 0. The van der Waals surface area contributed by atoms with E-state index in [1.165, 1.54) is 0 Å². The van der Waals surface area contributed by atoms with Crippen LogP contribution in [0.3, 0.4) is 0 Å². The summed E-state index contributed by atoms with van der Waals surface area (Å²) in [6, 6.07) is 0.550. The van der Waals surface area contributed by atoms with Crippen LogP contribution in [0.5, 0.6) is 0 Å². The molecule has 1 rings (SSSR count). The standard InChI is InChI=1S/C5H11N2/c1-5-4-6-2-3-7-5/h5-6H,2-4H2,1H3/q-1/t5-/m0/s1. The van der Waals surface area contributed by atoms with E-state index >= 15 is 0 Å². The van der Waals surface area contributed by atoms with E-state index in [0.717, 1.165) is 19.6 Å². The van der Waals surface area contributed by atoms with Gasteiger partial charge >= 0.3 is 0 Å². The average molecular weight is 99.2 g/mol. The summed E-state index contributed by atoms with van der Waals surface area (Å²) >= 11 is 0. The fraction of sp³-hybridized carbons (Fsp3) is 1.00. The molecule has 7 heavy (non-hydrogen) atoms. The lowest BCUT2D eigenvalue weighted by Crippen LogP contribution is -2.33. The lowest BCUT2D eigenvalue weighted by Gasteiger charge is -2.33. The maximum Gasteiger partial charge on any atom is -0.0213 e. The molecular weight excluding hydrogens is 88.1 g/mol. The minimum absolute atomic E-state index is 0.550. The van der Waals surface area contributed by atoms with Gasteiger partial charge in [0.15, 0.2) is 0 Å². The molecular formula is C5H11N2-. The second kappa shape index (κ2) is 2.28. The van der Waals surface area contributed by atoms with Gasteiger partial charge in [0.25, 0.3) is 0 Å². The molecule has 0 bridgehead atoms. The zero-order valence-corrected chi connectivity index (χ0v) is 4.65. The van der Waals surface area contributed by atoms with Crippen LogP contribution in [0.1, 0.15) is 6.92 Å². The number of hydrogen-bond acceptors (Lipinski definition) is 1. The highest BCUT2D eigenvalue weighted by Gasteiger charge is 1.92. The third kappa shape index (κ3) is 1.45. The van der Waals surface area contributed by atoms with Gasteiger partial charge in [-0.1, -0.05) is 6.92 Å². The fourth-order valence-electron chi connectivity index (χ4n) is 0.739. The van der Waals surface area contributed by atoms with Crippen LogP contribution in [0.15, 0.2) is 0 Å². The van der Waals surface area contributed by atoms with E-state index in [-0.39, 0.29) is 0 Å². The van der Waals surface area contributed by atoms with E-state index in [4.69, 9.17) is 0 Å². The monoisotopic (exact) mass is 99.1 g/mol. The van der Waals surface area contributed by atoms with Crippen LogP contribution in [0.4, 0.5) is 0 Å². The van der Waals surface area contributed by atoms with Gasteiger partial charge in [0, 0.05) is 0 Å². The van der Waals surface area contributed by atoms with Gasteiger partial charge in [0.2, 0.25) is 0 Å². The van der Waals surface area contributed by atoms with Crippen molar-refractivity contribution in [2.24, 2.45) is 0 Å². The van der Waals surface area contributed by atoms with Crippen molar-refractivity contribution in [1.29, 1.82) is 0 Å². The SMILES string of the molecule is C[C@H]1CNCC[N-]1. The quantitative estimate of drug-likeness (QED) is 0.466. The Bertz CT molecular complexity index is 48.0. The lowest BCUT2D eigenvalue weighted by atomic mass is 10.3. The van der Waals surface area contributed by atoms with E-state index in [2.05, 4.69) is 17.6 Å². The van der Waals surface area contributed by atoms with Crippen LogP contribution in [0.2, 0.25) is 0 Å². The van der Waals surface area contributed by atoms with E-state index < -0.39 is 0 Å².